The van der Waals surface area contributed by atoms with E-state index in [0.717, 1.165) is 12.0 Å². The summed E-state index contributed by atoms with van der Waals surface area (Å²) >= 11 is 0. The van der Waals surface area contributed by atoms with Gasteiger partial charge in [0.15, 0.2) is 0 Å². The summed E-state index contributed by atoms with van der Waals surface area (Å²) in [5.41, 5.74) is 2.30. The van der Waals surface area contributed by atoms with Crippen molar-refractivity contribution in [3.63, 3.8) is 0 Å². The van der Waals surface area contributed by atoms with Gasteiger partial charge in [-0.25, -0.2) is 4.39 Å². The zero-order valence-electron chi connectivity index (χ0n) is 8.76. The topological polar surface area (TPSA) is 12.0 Å². The summed E-state index contributed by atoms with van der Waals surface area (Å²) < 4.78 is 13.1. The molecule has 0 heterocycles. The number of terminal acetylenes is 1. The SMILES string of the molecule is C#CCNC1c2cc(F)ccc2CC1C. The summed E-state index contributed by atoms with van der Waals surface area (Å²) in [6.07, 6.45) is 6.21. The maximum atomic E-state index is 13.1. The first-order valence-electron chi connectivity index (χ1n) is 5.17. The van der Waals surface area contributed by atoms with Crippen molar-refractivity contribution in [1.82, 2.24) is 5.32 Å². The van der Waals surface area contributed by atoms with E-state index in [9.17, 15) is 4.39 Å². The number of halogens is 1. The largest absolute Gasteiger partial charge is 0.299 e. The molecule has 78 valence electrons. The number of nitrogens with one attached hydrogen (secondary N) is 1. The average Bonchev–Trinajstić information content (AvgIpc) is 2.51. The van der Waals surface area contributed by atoms with Crippen LogP contribution < -0.4 is 5.32 Å². The van der Waals surface area contributed by atoms with Gasteiger partial charge in [0.05, 0.1) is 6.54 Å². The smallest absolute Gasteiger partial charge is 0.123 e. The van der Waals surface area contributed by atoms with Crippen LogP contribution in [0, 0.1) is 24.1 Å². The van der Waals surface area contributed by atoms with Crippen LogP contribution >= 0.6 is 0 Å². The molecule has 0 aliphatic heterocycles. The van der Waals surface area contributed by atoms with Crippen molar-refractivity contribution in [3.8, 4) is 12.3 Å². The molecule has 0 fully saturated rings. The number of fused-ring (bicyclic) bond motifs is 1. The van der Waals surface area contributed by atoms with Gasteiger partial charge in [-0.3, -0.25) is 5.32 Å². The van der Waals surface area contributed by atoms with Crippen molar-refractivity contribution in [2.24, 2.45) is 5.92 Å². The Labute approximate surface area is 89.7 Å². The Kier molecular flexibility index (Phi) is 2.75. The van der Waals surface area contributed by atoms with E-state index in [-0.39, 0.29) is 11.9 Å². The maximum absolute atomic E-state index is 13.1. The molecule has 2 unspecified atom stereocenters. The van der Waals surface area contributed by atoms with Crippen LogP contribution in [0.1, 0.15) is 24.1 Å². The molecule has 15 heavy (non-hydrogen) atoms. The van der Waals surface area contributed by atoms with Crippen molar-refractivity contribution < 1.29 is 4.39 Å². The van der Waals surface area contributed by atoms with Crippen LogP contribution in [0.25, 0.3) is 0 Å². The van der Waals surface area contributed by atoms with E-state index in [0.29, 0.717) is 12.5 Å². The van der Waals surface area contributed by atoms with E-state index in [2.05, 4.69) is 18.2 Å². The molecule has 2 heteroatoms. The van der Waals surface area contributed by atoms with Gasteiger partial charge in [-0.05, 0) is 35.6 Å². The first-order chi connectivity index (χ1) is 7.22. The van der Waals surface area contributed by atoms with Gasteiger partial charge >= 0.3 is 0 Å². The average molecular weight is 203 g/mol. The van der Waals surface area contributed by atoms with Gasteiger partial charge in [0.25, 0.3) is 0 Å². The lowest BCUT2D eigenvalue weighted by Crippen LogP contribution is -2.24. The number of hydrogen-bond donors (Lipinski definition) is 1. The van der Waals surface area contributed by atoms with Crippen LogP contribution in [0.15, 0.2) is 18.2 Å². The minimum Gasteiger partial charge on any atom is -0.299 e. The quantitative estimate of drug-likeness (QED) is 0.727. The molecule has 1 N–H and O–H groups in total. The second-order valence-electron chi connectivity index (χ2n) is 4.09. The third-order valence-electron chi connectivity index (χ3n) is 2.98. The van der Waals surface area contributed by atoms with E-state index in [1.54, 1.807) is 6.07 Å². The van der Waals surface area contributed by atoms with Crippen LogP contribution in [0.2, 0.25) is 0 Å². The monoisotopic (exact) mass is 203 g/mol. The molecule has 0 saturated carbocycles. The molecule has 2 atom stereocenters. The summed E-state index contributed by atoms with van der Waals surface area (Å²) in [5.74, 6) is 2.87. The summed E-state index contributed by atoms with van der Waals surface area (Å²) in [7, 11) is 0. The lowest BCUT2D eigenvalue weighted by molar-refractivity contribution is 0.434. The van der Waals surface area contributed by atoms with Crippen molar-refractivity contribution in [3.05, 3.63) is 35.1 Å². The Morgan fingerprint density at radius 2 is 2.40 bits per heavy atom. The van der Waals surface area contributed by atoms with Crippen LogP contribution in [0.3, 0.4) is 0 Å². The highest BCUT2D eigenvalue weighted by Crippen LogP contribution is 2.35. The van der Waals surface area contributed by atoms with Crippen molar-refractivity contribution in [2.45, 2.75) is 19.4 Å². The van der Waals surface area contributed by atoms with Crippen molar-refractivity contribution in [1.29, 1.82) is 0 Å². The highest BCUT2D eigenvalue weighted by atomic mass is 19.1. The molecular formula is C13H14FN. The zero-order chi connectivity index (χ0) is 10.8. The van der Waals surface area contributed by atoms with E-state index in [1.165, 1.54) is 11.6 Å². The Balaban J connectivity index is 2.28. The van der Waals surface area contributed by atoms with Crippen molar-refractivity contribution >= 4 is 0 Å². The van der Waals surface area contributed by atoms with Crippen LogP contribution in [-0.2, 0) is 6.42 Å². The lowest BCUT2D eigenvalue weighted by Gasteiger charge is -2.16. The van der Waals surface area contributed by atoms with E-state index >= 15 is 0 Å². The van der Waals surface area contributed by atoms with Crippen LogP contribution in [0.4, 0.5) is 4.39 Å². The molecule has 0 radical (unpaired) electrons. The molecule has 0 aromatic heterocycles. The first-order valence-corrected chi connectivity index (χ1v) is 5.17. The summed E-state index contributed by atoms with van der Waals surface area (Å²) in [6.45, 7) is 2.69. The van der Waals surface area contributed by atoms with Crippen LogP contribution in [-0.4, -0.2) is 6.54 Å². The molecule has 2 rings (SSSR count). The molecule has 0 bridgehead atoms. The highest BCUT2D eigenvalue weighted by molar-refractivity contribution is 5.36. The highest BCUT2D eigenvalue weighted by Gasteiger charge is 2.28. The van der Waals surface area contributed by atoms with E-state index in [4.69, 9.17) is 6.42 Å². The van der Waals surface area contributed by atoms with Gasteiger partial charge in [-0.2, -0.15) is 0 Å². The minimum atomic E-state index is -0.171. The Morgan fingerprint density at radius 3 is 3.13 bits per heavy atom. The van der Waals surface area contributed by atoms with Crippen molar-refractivity contribution in [2.75, 3.05) is 6.54 Å². The van der Waals surface area contributed by atoms with Gasteiger partial charge in [-0.1, -0.05) is 18.9 Å². The predicted octanol–water partition coefficient (Wildman–Crippen LogP) is 2.28. The number of hydrogen-bond acceptors (Lipinski definition) is 1. The van der Waals surface area contributed by atoms with E-state index < -0.39 is 0 Å². The number of rotatable bonds is 2. The molecule has 1 aromatic carbocycles. The fourth-order valence-corrected chi connectivity index (χ4v) is 2.29. The molecule has 1 aliphatic carbocycles. The Hall–Kier alpha value is -1.33. The fourth-order valence-electron chi connectivity index (χ4n) is 2.29. The van der Waals surface area contributed by atoms with Gasteiger partial charge < -0.3 is 0 Å². The molecule has 1 aromatic rings. The molecule has 0 spiro atoms. The molecular weight excluding hydrogens is 189 g/mol. The maximum Gasteiger partial charge on any atom is 0.123 e. The van der Waals surface area contributed by atoms with E-state index in [1.807, 2.05) is 6.07 Å². The predicted molar refractivity (Wildman–Crippen MR) is 58.8 cm³/mol. The third kappa shape index (κ3) is 1.88. The molecule has 1 aliphatic rings. The van der Waals surface area contributed by atoms with Gasteiger partial charge in [0.2, 0.25) is 0 Å². The Morgan fingerprint density at radius 1 is 1.60 bits per heavy atom. The fraction of sp³-hybridized carbons (Fsp3) is 0.385. The summed E-state index contributed by atoms with van der Waals surface area (Å²) in [6, 6.07) is 5.22. The van der Waals surface area contributed by atoms with Gasteiger partial charge in [-0.15, -0.1) is 6.42 Å². The zero-order valence-corrected chi connectivity index (χ0v) is 8.76. The second kappa shape index (κ2) is 4.04. The first kappa shape index (κ1) is 10.2. The van der Waals surface area contributed by atoms with Gasteiger partial charge in [0, 0.05) is 6.04 Å². The number of benzene rings is 1. The Bertz CT molecular complexity index is 405. The summed E-state index contributed by atoms with van der Waals surface area (Å²) in [5, 5.41) is 3.26. The minimum absolute atomic E-state index is 0.171. The van der Waals surface area contributed by atoms with Gasteiger partial charge in [0.1, 0.15) is 5.82 Å². The van der Waals surface area contributed by atoms with Crippen LogP contribution in [0.5, 0.6) is 0 Å². The molecule has 0 saturated heterocycles. The summed E-state index contributed by atoms with van der Waals surface area (Å²) in [4.78, 5) is 0. The second-order valence-corrected chi connectivity index (χ2v) is 4.09. The standard InChI is InChI=1S/C13H14FN/c1-3-6-15-13-9(2)7-10-4-5-11(14)8-12(10)13/h1,4-5,8-9,13,15H,6-7H2,2H3. The lowest BCUT2D eigenvalue weighted by atomic mass is 10.0. The third-order valence-corrected chi connectivity index (χ3v) is 2.98. The molecule has 1 nitrogen and oxygen atoms in total. The normalized spacial score (nSPS) is 23.5. The molecule has 0 amide bonds.